The van der Waals surface area contributed by atoms with Gasteiger partial charge in [0, 0.05) is 11.1 Å². The number of hydrogen-bond acceptors (Lipinski definition) is 4. The van der Waals surface area contributed by atoms with Crippen molar-refractivity contribution in [2.24, 2.45) is 0 Å². The molecular weight excluding hydrogens is 292 g/mol. The maximum absolute atomic E-state index is 12.0. The highest BCUT2D eigenvalue weighted by Gasteiger charge is 2.19. The van der Waals surface area contributed by atoms with Gasteiger partial charge in [0.15, 0.2) is 0 Å². The van der Waals surface area contributed by atoms with Crippen LogP contribution in [0.2, 0.25) is 0 Å². The molecule has 0 radical (unpaired) electrons. The van der Waals surface area contributed by atoms with E-state index >= 15 is 0 Å². The molecule has 0 aromatic heterocycles. The van der Waals surface area contributed by atoms with Crippen LogP contribution in [0.1, 0.15) is 85.5 Å². The van der Waals surface area contributed by atoms with Gasteiger partial charge in [-0.05, 0) is 33.6 Å². The second kappa shape index (κ2) is 14.3. The van der Waals surface area contributed by atoms with E-state index in [0.717, 1.165) is 12.8 Å². The molecule has 0 aromatic carbocycles. The van der Waals surface area contributed by atoms with Crippen LogP contribution in [0.5, 0.6) is 0 Å². The fraction of sp³-hybridized carbons (Fsp3) is 0.789. The van der Waals surface area contributed by atoms with Crippen molar-refractivity contribution in [1.29, 1.82) is 0 Å². The summed E-state index contributed by atoms with van der Waals surface area (Å²) in [5, 5.41) is 0. The summed E-state index contributed by atoms with van der Waals surface area (Å²) in [5.74, 6) is -0.809. The van der Waals surface area contributed by atoms with Gasteiger partial charge in [-0.25, -0.2) is 9.59 Å². The Bertz CT molecular complexity index is 372. The van der Waals surface area contributed by atoms with Crippen LogP contribution in [0, 0.1) is 0 Å². The normalized spacial score (nSPS) is 11.8. The van der Waals surface area contributed by atoms with Gasteiger partial charge in [-0.15, -0.1) is 0 Å². The summed E-state index contributed by atoms with van der Waals surface area (Å²) in [7, 11) is 0. The number of ether oxygens (including phenoxy) is 2. The van der Waals surface area contributed by atoms with E-state index in [-0.39, 0.29) is 5.97 Å². The van der Waals surface area contributed by atoms with Gasteiger partial charge in [-0.1, -0.05) is 51.9 Å². The second-order valence-electron chi connectivity index (χ2n) is 5.77. The van der Waals surface area contributed by atoms with Crippen molar-refractivity contribution in [2.75, 3.05) is 13.2 Å². The molecule has 0 saturated carbocycles. The van der Waals surface area contributed by atoms with Crippen LogP contribution in [0.3, 0.4) is 0 Å². The van der Waals surface area contributed by atoms with E-state index in [0.29, 0.717) is 30.8 Å². The summed E-state index contributed by atoms with van der Waals surface area (Å²) in [4.78, 5) is 23.9. The first kappa shape index (κ1) is 21.7. The minimum atomic E-state index is -0.421. The van der Waals surface area contributed by atoms with Gasteiger partial charge in [0.1, 0.15) is 0 Å². The van der Waals surface area contributed by atoms with E-state index in [1.807, 2.05) is 0 Å². The van der Waals surface area contributed by atoms with Gasteiger partial charge in [0.25, 0.3) is 0 Å². The molecule has 0 atom stereocenters. The van der Waals surface area contributed by atoms with Crippen LogP contribution >= 0.6 is 0 Å². The summed E-state index contributed by atoms with van der Waals surface area (Å²) in [5.41, 5.74) is 0.851. The van der Waals surface area contributed by atoms with Gasteiger partial charge < -0.3 is 9.47 Å². The Labute approximate surface area is 141 Å². The highest BCUT2D eigenvalue weighted by molar-refractivity contribution is 5.99. The van der Waals surface area contributed by atoms with Gasteiger partial charge in [0.05, 0.1) is 13.2 Å². The van der Waals surface area contributed by atoms with Crippen molar-refractivity contribution in [3.05, 3.63) is 11.1 Å². The van der Waals surface area contributed by atoms with Crippen LogP contribution in [-0.4, -0.2) is 25.2 Å². The molecule has 0 aromatic rings. The molecule has 23 heavy (non-hydrogen) atoms. The zero-order valence-corrected chi connectivity index (χ0v) is 15.4. The van der Waals surface area contributed by atoms with Crippen LogP contribution in [0.4, 0.5) is 0 Å². The Morgan fingerprint density at radius 2 is 1.17 bits per heavy atom. The van der Waals surface area contributed by atoms with Crippen molar-refractivity contribution in [3.63, 3.8) is 0 Å². The van der Waals surface area contributed by atoms with Gasteiger partial charge in [-0.3, -0.25) is 0 Å². The molecule has 0 aliphatic carbocycles. The fourth-order valence-corrected chi connectivity index (χ4v) is 2.46. The molecule has 0 spiro atoms. The topological polar surface area (TPSA) is 52.6 Å². The minimum Gasteiger partial charge on any atom is -0.463 e. The summed E-state index contributed by atoms with van der Waals surface area (Å²) in [6.45, 7) is 8.02. The predicted octanol–water partition coefficient (Wildman–Crippen LogP) is 4.96. The number of hydrogen-bond donors (Lipinski definition) is 0. The van der Waals surface area contributed by atoms with Crippen molar-refractivity contribution < 1.29 is 19.1 Å². The third-order valence-corrected chi connectivity index (χ3v) is 3.84. The molecule has 0 fully saturated rings. The van der Waals surface area contributed by atoms with Crippen LogP contribution in [0.25, 0.3) is 0 Å². The Hall–Kier alpha value is -1.32. The van der Waals surface area contributed by atoms with Gasteiger partial charge in [0.2, 0.25) is 0 Å². The maximum Gasteiger partial charge on any atom is 0.334 e. The number of unbranched alkanes of at least 4 members (excludes halogenated alkanes) is 7. The lowest BCUT2D eigenvalue weighted by Gasteiger charge is -2.11. The third-order valence-electron chi connectivity index (χ3n) is 3.84. The van der Waals surface area contributed by atoms with E-state index in [1.165, 1.54) is 38.5 Å². The van der Waals surface area contributed by atoms with E-state index in [4.69, 9.17) is 9.47 Å². The molecule has 0 N–H and O–H groups in total. The quantitative estimate of drug-likeness (QED) is 0.273. The van der Waals surface area contributed by atoms with Gasteiger partial charge >= 0.3 is 11.9 Å². The molecule has 0 saturated heterocycles. The first-order valence-electron chi connectivity index (χ1n) is 9.12. The lowest BCUT2D eigenvalue weighted by atomic mass is 10.0. The van der Waals surface area contributed by atoms with Crippen LogP contribution in [-0.2, 0) is 19.1 Å². The number of carbonyl (C=O) groups is 2. The number of esters is 2. The number of rotatable bonds is 13. The van der Waals surface area contributed by atoms with E-state index in [1.54, 1.807) is 20.8 Å². The molecule has 0 heterocycles. The zero-order valence-electron chi connectivity index (χ0n) is 15.4. The molecule has 0 aliphatic heterocycles. The van der Waals surface area contributed by atoms with E-state index in [9.17, 15) is 9.59 Å². The smallest absolute Gasteiger partial charge is 0.334 e. The molecule has 0 bridgehead atoms. The Kier molecular flexibility index (Phi) is 13.5. The molecule has 0 amide bonds. The Morgan fingerprint density at radius 1 is 0.696 bits per heavy atom. The highest BCUT2D eigenvalue weighted by Crippen LogP contribution is 2.18. The van der Waals surface area contributed by atoms with E-state index in [2.05, 4.69) is 6.92 Å². The standard InChI is InChI=1S/C19H34O4/c1-5-8-9-10-11-12-13-14-15-17(19(21)23-7-3)16(4)18(20)22-6-2/h5-15H2,1-4H3/b17-16-. The average molecular weight is 326 g/mol. The molecule has 0 unspecified atom stereocenters. The monoisotopic (exact) mass is 326 g/mol. The lowest BCUT2D eigenvalue weighted by Crippen LogP contribution is -2.15. The Morgan fingerprint density at radius 3 is 1.70 bits per heavy atom. The minimum absolute atomic E-state index is 0.310. The molecule has 134 valence electrons. The van der Waals surface area contributed by atoms with Gasteiger partial charge in [-0.2, -0.15) is 0 Å². The molecule has 0 aliphatic rings. The Balaban J connectivity index is 4.36. The second-order valence-corrected chi connectivity index (χ2v) is 5.77. The predicted molar refractivity (Wildman–Crippen MR) is 93.2 cm³/mol. The molecule has 4 heteroatoms. The summed E-state index contributed by atoms with van der Waals surface area (Å²) >= 11 is 0. The SMILES string of the molecule is CCCCCCCCCC/C(C(=O)OCC)=C(\C)C(=O)OCC. The summed E-state index contributed by atoms with van der Waals surface area (Å²) in [6.07, 6.45) is 10.2. The fourth-order valence-electron chi connectivity index (χ4n) is 2.46. The van der Waals surface area contributed by atoms with Crippen molar-refractivity contribution in [3.8, 4) is 0 Å². The average Bonchev–Trinajstić information content (AvgIpc) is 2.53. The zero-order chi connectivity index (χ0) is 17.5. The molecular formula is C19H34O4. The van der Waals surface area contributed by atoms with E-state index < -0.39 is 5.97 Å². The van der Waals surface area contributed by atoms with Crippen LogP contribution < -0.4 is 0 Å². The maximum atomic E-state index is 12.0. The van der Waals surface area contributed by atoms with Crippen molar-refractivity contribution >= 4 is 11.9 Å². The highest BCUT2D eigenvalue weighted by atomic mass is 16.5. The first-order valence-corrected chi connectivity index (χ1v) is 9.12. The van der Waals surface area contributed by atoms with Crippen LogP contribution in [0.15, 0.2) is 11.1 Å². The third kappa shape index (κ3) is 10.1. The molecule has 4 nitrogen and oxygen atoms in total. The summed E-state index contributed by atoms with van der Waals surface area (Å²) in [6, 6.07) is 0. The molecule has 0 rings (SSSR count). The summed E-state index contributed by atoms with van der Waals surface area (Å²) < 4.78 is 10.1. The lowest BCUT2D eigenvalue weighted by molar-refractivity contribution is -0.141. The number of carbonyl (C=O) groups excluding carboxylic acids is 2. The largest absolute Gasteiger partial charge is 0.463 e. The van der Waals surface area contributed by atoms with Crippen molar-refractivity contribution in [2.45, 2.75) is 85.5 Å². The van der Waals surface area contributed by atoms with Crippen molar-refractivity contribution in [1.82, 2.24) is 0 Å². The first-order chi connectivity index (χ1) is 11.1.